The van der Waals surface area contributed by atoms with Gasteiger partial charge in [-0.25, -0.2) is 5.01 Å². The van der Waals surface area contributed by atoms with E-state index in [4.69, 9.17) is 0 Å². The first kappa shape index (κ1) is 10.9. The minimum atomic E-state index is 1.12. The zero-order valence-corrected chi connectivity index (χ0v) is 7.90. The molecule has 0 saturated heterocycles. The van der Waals surface area contributed by atoms with E-state index in [-0.39, 0.29) is 0 Å². The molecular formula is C9H21N2. The Morgan fingerprint density at radius 3 is 1.82 bits per heavy atom. The summed E-state index contributed by atoms with van der Waals surface area (Å²) in [5.74, 6) is 0. The van der Waals surface area contributed by atoms with Crippen LogP contribution in [0, 0.1) is 7.05 Å². The normalized spacial score (nSPS) is 10.9. The lowest BCUT2D eigenvalue weighted by molar-refractivity contribution is 0.212. The molecule has 2 heteroatoms. The van der Waals surface area contributed by atoms with Gasteiger partial charge in [0.05, 0.1) is 0 Å². The first-order chi connectivity index (χ1) is 5.35. The zero-order valence-electron chi connectivity index (χ0n) is 7.90. The van der Waals surface area contributed by atoms with Crippen molar-refractivity contribution in [3.8, 4) is 0 Å². The maximum Gasteiger partial charge on any atom is 0.0242 e. The number of rotatable bonds is 7. The Kier molecular flexibility index (Phi) is 7.96. The van der Waals surface area contributed by atoms with Gasteiger partial charge in [-0.15, -0.1) is 0 Å². The van der Waals surface area contributed by atoms with Crippen molar-refractivity contribution in [1.82, 2.24) is 10.4 Å². The molecule has 2 nitrogen and oxygen atoms in total. The number of hydrazine groups is 1. The van der Waals surface area contributed by atoms with Crippen LogP contribution in [0.25, 0.3) is 0 Å². The third kappa shape index (κ3) is 6.32. The molecule has 0 bridgehead atoms. The van der Waals surface area contributed by atoms with Crippen LogP contribution in [0.1, 0.15) is 39.5 Å². The van der Waals surface area contributed by atoms with E-state index in [9.17, 15) is 0 Å². The monoisotopic (exact) mass is 157 g/mol. The molecule has 0 aromatic carbocycles. The van der Waals surface area contributed by atoms with Crippen molar-refractivity contribution in [2.75, 3.05) is 13.1 Å². The molecule has 0 aliphatic heterocycles. The van der Waals surface area contributed by atoms with Gasteiger partial charge < -0.3 is 0 Å². The zero-order chi connectivity index (χ0) is 8.53. The fraction of sp³-hybridized carbons (Fsp3) is 0.889. The van der Waals surface area contributed by atoms with Gasteiger partial charge in [-0.2, -0.15) is 0 Å². The maximum atomic E-state index is 3.67. The molecule has 11 heavy (non-hydrogen) atoms. The number of unbranched alkanes of at least 4 members (excludes halogenated alkanes) is 2. The lowest BCUT2D eigenvalue weighted by atomic mass is 10.3. The molecule has 0 aliphatic carbocycles. The molecule has 1 N–H and O–H groups in total. The molecule has 0 aromatic rings. The van der Waals surface area contributed by atoms with Crippen LogP contribution in [-0.2, 0) is 0 Å². The Morgan fingerprint density at radius 1 is 1.09 bits per heavy atom. The molecule has 0 atom stereocenters. The van der Waals surface area contributed by atoms with Gasteiger partial charge in [0.2, 0.25) is 0 Å². The SMILES string of the molecule is [CH2]NN(CCCC)CCCC. The second kappa shape index (κ2) is 8.02. The second-order valence-corrected chi connectivity index (χ2v) is 2.85. The Labute approximate surface area is 70.9 Å². The van der Waals surface area contributed by atoms with E-state index in [1.807, 2.05) is 0 Å². The van der Waals surface area contributed by atoms with Crippen molar-refractivity contribution in [2.24, 2.45) is 0 Å². The molecule has 0 rings (SSSR count). The Bertz CT molecular complexity index is 66.0. The summed E-state index contributed by atoms with van der Waals surface area (Å²) in [6, 6.07) is 0. The minimum Gasteiger partial charge on any atom is -0.254 e. The summed E-state index contributed by atoms with van der Waals surface area (Å²) in [4.78, 5) is 0. The van der Waals surface area contributed by atoms with Crippen LogP contribution in [0.5, 0.6) is 0 Å². The van der Waals surface area contributed by atoms with E-state index in [1.165, 1.54) is 25.7 Å². The molecular weight excluding hydrogens is 136 g/mol. The predicted octanol–water partition coefficient (Wildman–Crippen LogP) is 2.18. The van der Waals surface area contributed by atoms with Crippen LogP contribution in [0.2, 0.25) is 0 Å². The van der Waals surface area contributed by atoms with Crippen molar-refractivity contribution in [2.45, 2.75) is 39.5 Å². The van der Waals surface area contributed by atoms with Crippen LogP contribution in [0.4, 0.5) is 0 Å². The van der Waals surface area contributed by atoms with Crippen LogP contribution in [-0.4, -0.2) is 18.1 Å². The van der Waals surface area contributed by atoms with Crippen LogP contribution in [0.15, 0.2) is 0 Å². The molecule has 0 heterocycles. The van der Waals surface area contributed by atoms with E-state index in [1.54, 1.807) is 0 Å². The topological polar surface area (TPSA) is 15.3 Å². The van der Waals surface area contributed by atoms with Gasteiger partial charge in [0, 0.05) is 20.1 Å². The average Bonchev–Trinajstić information content (AvgIpc) is 2.05. The summed E-state index contributed by atoms with van der Waals surface area (Å²) in [5, 5.41) is 2.19. The summed E-state index contributed by atoms with van der Waals surface area (Å²) in [6.07, 6.45) is 5.02. The standard InChI is InChI=1S/C9H21N2/c1-4-6-8-11(10-3)9-7-5-2/h10H,3-9H2,1-2H3. The molecule has 0 fully saturated rings. The molecule has 0 amide bonds. The molecule has 1 radical (unpaired) electrons. The highest BCUT2D eigenvalue weighted by Gasteiger charge is 1.98. The van der Waals surface area contributed by atoms with Crippen LogP contribution in [0.3, 0.4) is 0 Å². The molecule has 0 spiro atoms. The lowest BCUT2D eigenvalue weighted by Gasteiger charge is -2.19. The van der Waals surface area contributed by atoms with Gasteiger partial charge in [-0.3, -0.25) is 5.43 Å². The fourth-order valence-corrected chi connectivity index (χ4v) is 0.968. The quantitative estimate of drug-likeness (QED) is 0.570. The highest BCUT2D eigenvalue weighted by Crippen LogP contribution is 1.94. The predicted molar refractivity (Wildman–Crippen MR) is 49.9 cm³/mol. The molecule has 67 valence electrons. The van der Waals surface area contributed by atoms with E-state index in [0.717, 1.165) is 13.1 Å². The molecule has 0 aliphatic rings. The molecule has 0 unspecified atom stereocenters. The Hall–Kier alpha value is -0.0800. The van der Waals surface area contributed by atoms with E-state index < -0.39 is 0 Å². The summed E-state index contributed by atoms with van der Waals surface area (Å²) in [6.45, 7) is 6.67. The summed E-state index contributed by atoms with van der Waals surface area (Å²) >= 11 is 0. The van der Waals surface area contributed by atoms with Gasteiger partial charge in [-0.05, 0) is 12.8 Å². The van der Waals surface area contributed by atoms with Crippen molar-refractivity contribution in [3.05, 3.63) is 7.05 Å². The van der Waals surface area contributed by atoms with Gasteiger partial charge in [-0.1, -0.05) is 26.7 Å². The van der Waals surface area contributed by atoms with E-state index >= 15 is 0 Å². The molecule has 0 saturated carbocycles. The van der Waals surface area contributed by atoms with Crippen molar-refractivity contribution < 1.29 is 0 Å². The minimum absolute atomic E-state index is 1.12. The van der Waals surface area contributed by atoms with Gasteiger partial charge >= 0.3 is 0 Å². The van der Waals surface area contributed by atoms with Crippen LogP contribution >= 0.6 is 0 Å². The first-order valence-electron chi connectivity index (χ1n) is 4.62. The lowest BCUT2D eigenvalue weighted by Crippen LogP contribution is -2.35. The molecule has 0 aromatic heterocycles. The summed E-state index contributed by atoms with van der Waals surface area (Å²) < 4.78 is 0. The number of hydrogen-bond donors (Lipinski definition) is 1. The van der Waals surface area contributed by atoms with Gasteiger partial charge in [0.25, 0.3) is 0 Å². The first-order valence-corrected chi connectivity index (χ1v) is 4.62. The third-order valence-electron chi connectivity index (χ3n) is 1.79. The average molecular weight is 157 g/mol. The van der Waals surface area contributed by atoms with Crippen molar-refractivity contribution in [3.63, 3.8) is 0 Å². The summed E-state index contributed by atoms with van der Waals surface area (Å²) in [5.41, 5.74) is 2.96. The smallest absolute Gasteiger partial charge is 0.0242 e. The van der Waals surface area contributed by atoms with Gasteiger partial charge in [0.1, 0.15) is 0 Å². The second-order valence-electron chi connectivity index (χ2n) is 2.85. The number of nitrogens with one attached hydrogen (secondary N) is 1. The van der Waals surface area contributed by atoms with E-state index in [0.29, 0.717) is 0 Å². The number of nitrogens with zero attached hydrogens (tertiary/aromatic N) is 1. The Morgan fingerprint density at radius 2 is 1.55 bits per heavy atom. The van der Waals surface area contributed by atoms with E-state index in [2.05, 4.69) is 31.3 Å². The maximum absolute atomic E-state index is 3.67. The number of hydrogen-bond acceptors (Lipinski definition) is 2. The highest BCUT2D eigenvalue weighted by atomic mass is 15.5. The van der Waals surface area contributed by atoms with Crippen molar-refractivity contribution in [1.29, 1.82) is 0 Å². The fourth-order valence-electron chi connectivity index (χ4n) is 0.968. The highest BCUT2D eigenvalue weighted by molar-refractivity contribution is 4.51. The third-order valence-corrected chi connectivity index (χ3v) is 1.79. The van der Waals surface area contributed by atoms with Gasteiger partial charge in [0.15, 0.2) is 0 Å². The Balaban J connectivity index is 3.25. The van der Waals surface area contributed by atoms with Crippen LogP contribution < -0.4 is 5.43 Å². The van der Waals surface area contributed by atoms with Crippen molar-refractivity contribution >= 4 is 0 Å². The largest absolute Gasteiger partial charge is 0.254 e. The summed E-state index contributed by atoms with van der Waals surface area (Å²) in [7, 11) is 3.67.